The Balaban J connectivity index is 1.98. The zero-order chi connectivity index (χ0) is 14.5. The second-order valence-electron chi connectivity index (χ2n) is 5.28. The number of amides is 1. The van der Waals surface area contributed by atoms with Gasteiger partial charge in [-0.25, -0.2) is 8.78 Å². The van der Waals surface area contributed by atoms with Gasteiger partial charge in [-0.2, -0.15) is 0 Å². The zero-order valence-electron chi connectivity index (χ0n) is 11.2. The van der Waals surface area contributed by atoms with Gasteiger partial charge in [0, 0.05) is 24.1 Å². The average Bonchev–Trinajstić information content (AvgIpc) is 2.44. The SMILES string of the molecule is O=C(Cc1c(F)cccc1F)NC1CCCCC1CO. The molecule has 2 atom stereocenters. The Bertz CT molecular complexity index is 459. The van der Waals surface area contributed by atoms with E-state index in [1.807, 2.05) is 0 Å². The van der Waals surface area contributed by atoms with Crippen LogP contribution in [0.15, 0.2) is 18.2 Å². The molecular formula is C15H19F2NO2. The van der Waals surface area contributed by atoms with Crippen LogP contribution in [0.4, 0.5) is 8.78 Å². The number of halogens is 2. The minimum Gasteiger partial charge on any atom is -0.396 e. The summed E-state index contributed by atoms with van der Waals surface area (Å²) in [7, 11) is 0. The molecule has 1 saturated carbocycles. The number of hydrogen-bond acceptors (Lipinski definition) is 2. The van der Waals surface area contributed by atoms with Crippen LogP contribution in [0.5, 0.6) is 0 Å². The predicted octanol–water partition coefficient (Wildman–Crippen LogP) is 2.17. The number of carbonyl (C=O) groups excluding carboxylic acids is 1. The van der Waals surface area contributed by atoms with Crippen molar-refractivity contribution in [3.05, 3.63) is 35.4 Å². The molecule has 1 amide bonds. The second-order valence-corrected chi connectivity index (χ2v) is 5.28. The lowest BCUT2D eigenvalue weighted by Gasteiger charge is -2.30. The van der Waals surface area contributed by atoms with Gasteiger partial charge in [0.25, 0.3) is 0 Å². The zero-order valence-corrected chi connectivity index (χ0v) is 11.2. The fourth-order valence-electron chi connectivity index (χ4n) is 2.74. The summed E-state index contributed by atoms with van der Waals surface area (Å²) in [5.74, 6) is -1.78. The molecule has 0 aliphatic heterocycles. The molecule has 1 aromatic rings. The fraction of sp³-hybridized carbons (Fsp3) is 0.533. The van der Waals surface area contributed by atoms with E-state index in [1.165, 1.54) is 6.07 Å². The van der Waals surface area contributed by atoms with Crippen LogP contribution in [-0.2, 0) is 11.2 Å². The van der Waals surface area contributed by atoms with Crippen LogP contribution in [0.2, 0.25) is 0 Å². The van der Waals surface area contributed by atoms with Crippen molar-refractivity contribution < 1.29 is 18.7 Å². The van der Waals surface area contributed by atoms with E-state index < -0.39 is 17.5 Å². The molecule has 2 N–H and O–H groups in total. The summed E-state index contributed by atoms with van der Waals surface area (Å²) in [5, 5.41) is 12.1. The minimum absolute atomic E-state index is 0.0268. The number of benzene rings is 1. The molecule has 0 heterocycles. The highest BCUT2D eigenvalue weighted by atomic mass is 19.1. The Morgan fingerprint density at radius 1 is 1.25 bits per heavy atom. The Morgan fingerprint density at radius 2 is 1.90 bits per heavy atom. The molecule has 5 heteroatoms. The van der Waals surface area contributed by atoms with Gasteiger partial charge < -0.3 is 10.4 Å². The van der Waals surface area contributed by atoms with Crippen LogP contribution in [0.25, 0.3) is 0 Å². The van der Waals surface area contributed by atoms with E-state index in [2.05, 4.69) is 5.32 Å². The summed E-state index contributed by atoms with van der Waals surface area (Å²) in [4.78, 5) is 11.9. The van der Waals surface area contributed by atoms with Crippen LogP contribution in [0.1, 0.15) is 31.2 Å². The van der Waals surface area contributed by atoms with E-state index in [-0.39, 0.29) is 30.6 Å². The number of aliphatic hydroxyl groups is 1. The molecule has 20 heavy (non-hydrogen) atoms. The summed E-state index contributed by atoms with van der Waals surface area (Å²) >= 11 is 0. The van der Waals surface area contributed by atoms with Crippen LogP contribution in [0, 0.1) is 17.6 Å². The highest BCUT2D eigenvalue weighted by Crippen LogP contribution is 2.24. The van der Waals surface area contributed by atoms with Crippen molar-refractivity contribution in [2.45, 2.75) is 38.1 Å². The van der Waals surface area contributed by atoms with Crippen molar-refractivity contribution in [3.8, 4) is 0 Å². The van der Waals surface area contributed by atoms with Gasteiger partial charge in [0.15, 0.2) is 0 Å². The van der Waals surface area contributed by atoms with Gasteiger partial charge in [-0.1, -0.05) is 18.9 Å². The first-order valence-corrected chi connectivity index (χ1v) is 6.95. The maximum atomic E-state index is 13.5. The molecule has 3 nitrogen and oxygen atoms in total. The van der Waals surface area contributed by atoms with Crippen LogP contribution < -0.4 is 5.32 Å². The normalized spacial score (nSPS) is 22.6. The van der Waals surface area contributed by atoms with E-state index in [0.717, 1.165) is 37.8 Å². The molecule has 1 aliphatic rings. The molecule has 0 spiro atoms. The molecule has 0 aromatic heterocycles. The lowest BCUT2D eigenvalue weighted by Crippen LogP contribution is -2.44. The monoisotopic (exact) mass is 283 g/mol. The first-order valence-electron chi connectivity index (χ1n) is 6.95. The van der Waals surface area contributed by atoms with Gasteiger partial charge in [-0.15, -0.1) is 0 Å². The Morgan fingerprint density at radius 3 is 2.55 bits per heavy atom. The molecule has 1 aliphatic carbocycles. The van der Waals surface area contributed by atoms with Gasteiger partial charge in [0.05, 0.1) is 6.42 Å². The molecule has 1 fully saturated rings. The van der Waals surface area contributed by atoms with Crippen LogP contribution in [-0.4, -0.2) is 23.7 Å². The Labute approximate surface area is 117 Å². The average molecular weight is 283 g/mol. The van der Waals surface area contributed by atoms with Crippen molar-refractivity contribution >= 4 is 5.91 Å². The third kappa shape index (κ3) is 3.54. The second kappa shape index (κ2) is 6.79. The van der Waals surface area contributed by atoms with E-state index in [4.69, 9.17) is 0 Å². The standard InChI is InChI=1S/C15H19F2NO2/c16-12-5-3-6-13(17)11(12)8-15(20)18-14-7-2-1-4-10(14)9-19/h3,5-6,10,14,19H,1-2,4,7-9H2,(H,18,20). The Kier molecular flexibility index (Phi) is 5.06. The first-order chi connectivity index (χ1) is 9.61. The predicted molar refractivity (Wildman–Crippen MR) is 71.0 cm³/mol. The topological polar surface area (TPSA) is 49.3 Å². The lowest BCUT2D eigenvalue weighted by atomic mass is 9.85. The van der Waals surface area contributed by atoms with Crippen LogP contribution in [0.3, 0.4) is 0 Å². The quantitative estimate of drug-likeness (QED) is 0.889. The molecule has 0 saturated heterocycles. The smallest absolute Gasteiger partial charge is 0.224 e. The molecule has 1 aromatic carbocycles. The summed E-state index contributed by atoms with van der Waals surface area (Å²) in [5.41, 5.74) is -0.207. The molecular weight excluding hydrogens is 264 g/mol. The van der Waals surface area contributed by atoms with Crippen molar-refractivity contribution in [2.24, 2.45) is 5.92 Å². The van der Waals surface area contributed by atoms with Gasteiger partial charge in [0.2, 0.25) is 5.91 Å². The largest absolute Gasteiger partial charge is 0.396 e. The van der Waals surface area contributed by atoms with Gasteiger partial charge >= 0.3 is 0 Å². The van der Waals surface area contributed by atoms with Crippen LogP contribution >= 0.6 is 0 Å². The number of hydrogen-bond donors (Lipinski definition) is 2. The number of carbonyl (C=O) groups is 1. The maximum absolute atomic E-state index is 13.5. The summed E-state index contributed by atoms with van der Waals surface area (Å²) in [6, 6.07) is 3.46. The molecule has 2 unspecified atom stereocenters. The van der Waals surface area contributed by atoms with E-state index in [0.29, 0.717) is 0 Å². The number of aliphatic hydroxyl groups excluding tert-OH is 1. The highest BCUT2D eigenvalue weighted by molar-refractivity contribution is 5.79. The molecule has 0 bridgehead atoms. The van der Waals surface area contributed by atoms with Crippen molar-refractivity contribution in [2.75, 3.05) is 6.61 Å². The summed E-state index contributed by atoms with van der Waals surface area (Å²) < 4.78 is 26.9. The highest BCUT2D eigenvalue weighted by Gasteiger charge is 2.26. The van der Waals surface area contributed by atoms with Crippen molar-refractivity contribution in [1.29, 1.82) is 0 Å². The minimum atomic E-state index is -0.706. The summed E-state index contributed by atoms with van der Waals surface area (Å²) in [6.07, 6.45) is 3.40. The third-order valence-corrected chi connectivity index (χ3v) is 3.89. The molecule has 110 valence electrons. The number of nitrogens with one attached hydrogen (secondary N) is 1. The third-order valence-electron chi connectivity index (χ3n) is 3.89. The summed E-state index contributed by atoms with van der Waals surface area (Å²) in [6.45, 7) is 0.0268. The van der Waals surface area contributed by atoms with Gasteiger partial charge in [-0.05, 0) is 25.0 Å². The Hall–Kier alpha value is -1.49. The van der Waals surface area contributed by atoms with Gasteiger partial charge in [0.1, 0.15) is 11.6 Å². The molecule has 2 rings (SSSR count). The lowest BCUT2D eigenvalue weighted by molar-refractivity contribution is -0.122. The van der Waals surface area contributed by atoms with Crippen molar-refractivity contribution in [3.63, 3.8) is 0 Å². The molecule has 0 radical (unpaired) electrons. The van der Waals surface area contributed by atoms with Crippen molar-refractivity contribution in [1.82, 2.24) is 5.32 Å². The van der Waals surface area contributed by atoms with E-state index in [9.17, 15) is 18.7 Å². The van der Waals surface area contributed by atoms with E-state index in [1.54, 1.807) is 0 Å². The van der Waals surface area contributed by atoms with Gasteiger partial charge in [-0.3, -0.25) is 4.79 Å². The van der Waals surface area contributed by atoms with E-state index >= 15 is 0 Å². The maximum Gasteiger partial charge on any atom is 0.224 e. The fourth-order valence-corrected chi connectivity index (χ4v) is 2.74. The number of rotatable bonds is 4. The first kappa shape index (κ1) is 14.9.